The van der Waals surface area contributed by atoms with Crippen LogP contribution in [0.4, 0.5) is 0 Å². The summed E-state index contributed by atoms with van der Waals surface area (Å²) in [6, 6.07) is 7.41. The molecule has 1 fully saturated rings. The number of carbonyl (C=O) groups excluding carboxylic acids is 2. The zero-order valence-electron chi connectivity index (χ0n) is 14.3. The van der Waals surface area contributed by atoms with Gasteiger partial charge in [0.05, 0.1) is 0 Å². The van der Waals surface area contributed by atoms with Crippen LogP contribution in [0.25, 0.3) is 0 Å². The molecule has 0 bridgehead atoms. The van der Waals surface area contributed by atoms with Crippen LogP contribution in [0.2, 0.25) is 5.02 Å². The van der Waals surface area contributed by atoms with Crippen LogP contribution >= 0.6 is 11.6 Å². The van der Waals surface area contributed by atoms with Gasteiger partial charge < -0.3 is 15.0 Å². The lowest BCUT2D eigenvalue weighted by molar-refractivity contribution is -0.141. The zero-order valence-corrected chi connectivity index (χ0v) is 15.1. The number of benzene rings is 1. The molecular weight excluding hydrogens is 328 g/mol. The van der Waals surface area contributed by atoms with E-state index in [0.29, 0.717) is 44.2 Å². The lowest BCUT2D eigenvalue weighted by atomic mass is 9.97. The second-order valence-electron chi connectivity index (χ2n) is 6.15. The van der Waals surface area contributed by atoms with Crippen LogP contribution in [-0.4, -0.2) is 42.0 Å². The Bertz CT molecular complexity index is 593. The van der Waals surface area contributed by atoms with E-state index in [4.69, 9.17) is 16.3 Å². The van der Waals surface area contributed by atoms with Crippen LogP contribution in [-0.2, 0) is 20.9 Å². The number of ether oxygens (including phenoxy) is 1. The molecule has 24 heavy (non-hydrogen) atoms. The molecule has 1 saturated heterocycles. The van der Waals surface area contributed by atoms with Crippen molar-refractivity contribution in [1.29, 1.82) is 0 Å². The Hall–Kier alpha value is -1.59. The van der Waals surface area contributed by atoms with Gasteiger partial charge in [0, 0.05) is 37.7 Å². The van der Waals surface area contributed by atoms with Gasteiger partial charge in [0.25, 0.3) is 0 Å². The highest BCUT2D eigenvalue weighted by Crippen LogP contribution is 2.33. The zero-order chi connectivity index (χ0) is 17.6. The van der Waals surface area contributed by atoms with Crippen LogP contribution in [0.3, 0.4) is 0 Å². The van der Waals surface area contributed by atoms with E-state index in [1.54, 1.807) is 11.0 Å². The summed E-state index contributed by atoms with van der Waals surface area (Å²) in [4.78, 5) is 26.6. The molecule has 1 N–H and O–H groups in total. The first kappa shape index (κ1) is 18.7. The van der Waals surface area contributed by atoms with Crippen molar-refractivity contribution in [1.82, 2.24) is 10.2 Å². The molecule has 1 aromatic carbocycles. The smallest absolute Gasteiger partial charge is 0.245 e. The maximum Gasteiger partial charge on any atom is 0.245 e. The van der Waals surface area contributed by atoms with Gasteiger partial charge in [-0.15, -0.1) is 0 Å². The molecule has 1 aliphatic heterocycles. The number of nitrogens with one attached hydrogen (secondary N) is 1. The molecule has 2 amide bonds. The summed E-state index contributed by atoms with van der Waals surface area (Å²) >= 11 is 6.20. The predicted molar refractivity (Wildman–Crippen MR) is 93.8 cm³/mol. The topological polar surface area (TPSA) is 58.6 Å². The molecule has 0 unspecified atom stereocenters. The molecule has 1 heterocycles. The van der Waals surface area contributed by atoms with Crippen molar-refractivity contribution in [3.63, 3.8) is 0 Å². The van der Waals surface area contributed by atoms with Crippen LogP contribution in [0, 0.1) is 0 Å². The lowest BCUT2D eigenvalue weighted by Crippen LogP contribution is -2.54. The first-order valence-electron chi connectivity index (χ1n) is 8.39. The Morgan fingerprint density at radius 1 is 1.42 bits per heavy atom. The Morgan fingerprint density at radius 2 is 2.17 bits per heavy atom. The van der Waals surface area contributed by atoms with Crippen LogP contribution in [0.5, 0.6) is 0 Å². The monoisotopic (exact) mass is 352 g/mol. The standard InChI is InChI=1S/C18H25ClN2O3/c1-3-24-12-6-11-20-17(23)18(2)10-9-16(22)21(18)13-14-7-4-5-8-15(14)19/h4-5,7-8H,3,6,9-13H2,1-2H3,(H,20,23)/t18-/m1/s1. The Kier molecular flexibility index (Phi) is 6.63. The predicted octanol–water partition coefficient (Wildman–Crippen LogP) is 2.76. The minimum atomic E-state index is -0.831. The van der Waals surface area contributed by atoms with Crippen molar-refractivity contribution in [3.05, 3.63) is 34.9 Å². The van der Waals surface area contributed by atoms with E-state index in [0.717, 1.165) is 12.0 Å². The summed E-state index contributed by atoms with van der Waals surface area (Å²) in [6.07, 6.45) is 1.66. The summed E-state index contributed by atoms with van der Waals surface area (Å²) in [7, 11) is 0. The van der Waals surface area contributed by atoms with E-state index in [2.05, 4.69) is 5.32 Å². The highest BCUT2D eigenvalue weighted by Gasteiger charge is 2.47. The van der Waals surface area contributed by atoms with Crippen molar-refractivity contribution in [3.8, 4) is 0 Å². The number of amides is 2. The minimum Gasteiger partial charge on any atom is -0.382 e. The molecule has 0 spiro atoms. The SMILES string of the molecule is CCOCCCNC(=O)[C@@]1(C)CCC(=O)N1Cc1ccccc1Cl. The molecule has 1 aliphatic rings. The summed E-state index contributed by atoms with van der Waals surface area (Å²) in [6.45, 7) is 5.95. The molecule has 2 rings (SSSR count). The maximum atomic E-state index is 12.7. The van der Waals surface area contributed by atoms with Crippen molar-refractivity contribution in [2.24, 2.45) is 0 Å². The van der Waals surface area contributed by atoms with Gasteiger partial charge in [-0.3, -0.25) is 9.59 Å². The fourth-order valence-corrected chi connectivity index (χ4v) is 3.10. The van der Waals surface area contributed by atoms with E-state index in [-0.39, 0.29) is 11.8 Å². The fourth-order valence-electron chi connectivity index (χ4n) is 2.90. The quantitative estimate of drug-likeness (QED) is 0.732. The molecule has 0 aliphatic carbocycles. The third-order valence-corrected chi connectivity index (χ3v) is 4.82. The number of likely N-dealkylation sites (tertiary alicyclic amines) is 1. The van der Waals surface area contributed by atoms with Crippen molar-refractivity contribution >= 4 is 23.4 Å². The van der Waals surface area contributed by atoms with Crippen LogP contribution in [0.15, 0.2) is 24.3 Å². The molecule has 6 heteroatoms. The van der Waals surface area contributed by atoms with E-state index in [1.165, 1.54) is 0 Å². The summed E-state index contributed by atoms with van der Waals surface area (Å²) in [5.74, 6) is -0.126. The summed E-state index contributed by atoms with van der Waals surface area (Å²) in [5.41, 5.74) is 0.0202. The summed E-state index contributed by atoms with van der Waals surface area (Å²) in [5, 5.41) is 3.54. The minimum absolute atomic E-state index is 0.0121. The van der Waals surface area contributed by atoms with Crippen molar-refractivity contribution < 1.29 is 14.3 Å². The molecule has 0 saturated carbocycles. The lowest BCUT2D eigenvalue weighted by Gasteiger charge is -2.34. The molecule has 5 nitrogen and oxygen atoms in total. The average Bonchev–Trinajstić information content (AvgIpc) is 2.86. The number of nitrogens with zero attached hydrogens (tertiary/aromatic N) is 1. The van der Waals surface area contributed by atoms with Gasteiger partial charge in [-0.25, -0.2) is 0 Å². The second kappa shape index (κ2) is 8.49. The number of hydrogen-bond acceptors (Lipinski definition) is 3. The summed E-state index contributed by atoms with van der Waals surface area (Å²) < 4.78 is 5.27. The molecule has 1 aromatic rings. The maximum absolute atomic E-state index is 12.7. The number of halogens is 1. The van der Waals surface area contributed by atoms with Crippen molar-refractivity contribution in [2.45, 2.75) is 45.2 Å². The normalized spacial score (nSPS) is 20.5. The number of carbonyl (C=O) groups is 2. The first-order valence-corrected chi connectivity index (χ1v) is 8.76. The van der Waals surface area contributed by atoms with Crippen LogP contribution in [0.1, 0.15) is 38.7 Å². The van der Waals surface area contributed by atoms with Gasteiger partial charge in [-0.2, -0.15) is 0 Å². The highest BCUT2D eigenvalue weighted by atomic mass is 35.5. The van der Waals surface area contributed by atoms with Crippen molar-refractivity contribution in [2.75, 3.05) is 19.8 Å². The number of rotatable bonds is 8. The van der Waals surface area contributed by atoms with Crippen LogP contribution < -0.4 is 5.32 Å². The fraction of sp³-hybridized carbons (Fsp3) is 0.556. The van der Waals surface area contributed by atoms with E-state index < -0.39 is 5.54 Å². The number of hydrogen-bond donors (Lipinski definition) is 1. The van der Waals surface area contributed by atoms with Gasteiger partial charge in [0.2, 0.25) is 11.8 Å². The van der Waals surface area contributed by atoms with Gasteiger partial charge >= 0.3 is 0 Å². The molecular formula is C18H25ClN2O3. The molecule has 0 radical (unpaired) electrons. The first-order chi connectivity index (χ1) is 11.5. The van der Waals surface area contributed by atoms with Gasteiger partial charge in [0.1, 0.15) is 5.54 Å². The molecule has 1 atom stereocenters. The Morgan fingerprint density at radius 3 is 2.88 bits per heavy atom. The average molecular weight is 353 g/mol. The van der Waals surface area contributed by atoms with E-state index in [1.807, 2.05) is 32.0 Å². The molecule has 132 valence electrons. The Labute approximate surface area is 148 Å². The van der Waals surface area contributed by atoms with E-state index in [9.17, 15) is 9.59 Å². The third-order valence-electron chi connectivity index (χ3n) is 4.45. The van der Waals surface area contributed by atoms with Gasteiger partial charge in [0.15, 0.2) is 0 Å². The van der Waals surface area contributed by atoms with Gasteiger partial charge in [-0.1, -0.05) is 29.8 Å². The third kappa shape index (κ3) is 4.28. The molecule has 0 aromatic heterocycles. The highest BCUT2D eigenvalue weighted by molar-refractivity contribution is 6.31. The second-order valence-corrected chi connectivity index (χ2v) is 6.56. The Balaban J connectivity index is 2.02. The largest absolute Gasteiger partial charge is 0.382 e. The van der Waals surface area contributed by atoms with E-state index >= 15 is 0 Å². The van der Waals surface area contributed by atoms with Gasteiger partial charge in [-0.05, 0) is 38.3 Å².